The predicted octanol–water partition coefficient (Wildman–Crippen LogP) is 3.38. The second kappa shape index (κ2) is 6.68. The summed E-state index contributed by atoms with van der Waals surface area (Å²) in [6.07, 6.45) is 0. The lowest BCUT2D eigenvalue weighted by molar-refractivity contribution is 0.102. The molecule has 0 aliphatic heterocycles. The van der Waals surface area contributed by atoms with E-state index in [4.69, 9.17) is 0 Å². The number of hydrogen-bond donors (Lipinski definition) is 2. The van der Waals surface area contributed by atoms with Crippen molar-refractivity contribution in [3.63, 3.8) is 0 Å². The summed E-state index contributed by atoms with van der Waals surface area (Å²) in [5.41, 5.74) is -0.154. The molecule has 1 amide bonds. The highest BCUT2D eigenvalue weighted by Gasteiger charge is 2.23. The predicted molar refractivity (Wildman–Crippen MR) is 99.5 cm³/mol. The molecule has 2 N–H and O–H groups in total. The first-order valence-electron chi connectivity index (χ1n) is 7.96. The number of carbonyl (C=O) groups excluding carboxylic acids is 1. The van der Waals surface area contributed by atoms with Gasteiger partial charge in [0, 0.05) is 17.3 Å². The molecule has 0 fully saturated rings. The normalized spacial score (nSPS) is 11.2. The molecule has 0 aliphatic rings. The third kappa shape index (κ3) is 3.28. The maximum atomic E-state index is 12.9. The molecule has 0 bridgehead atoms. The Hall–Kier alpha value is -2.67. The van der Waals surface area contributed by atoms with Crippen LogP contribution in [0.15, 0.2) is 34.4 Å². The van der Waals surface area contributed by atoms with Gasteiger partial charge in [0.15, 0.2) is 0 Å². The van der Waals surface area contributed by atoms with Crippen molar-refractivity contribution in [3.8, 4) is 5.75 Å². The molecule has 0 aliphatic carbocycles. The van der Waals surface area contributed by atoms with Crippen molar-refractivity contribution in [2.75, 3.05) is 5.32 Å². The second-order valence-corrected chi connectivity index (χ2v) is 7.32. The van der Waals surface area contributed by atoms with Crippen LogP contribution in [0.5, 0.6) is 5.75 Å². The van der Waals surface area contributed by atoms with Crippen molar-refractivity contribution >= 4 is 34.0 Å². The Morgan fingerprint density at radius 2 is 2.08 bits per heavy atom. The van der Waals surface area contributed by atoms with E-state index in [0.29, 0.717) is 23.3 Å². The number of rotatable bonds is 4. The number of aryl methyl sites for hydroxylation is 1. The van der Waals surface area contributed by atoms with Crippen molar-refractivity contribution in [3.05, 3.63) is 50.6 Å². The van der Waals surface area contributed by atoms with E-state index in [1.165, 1.54) is 11.3 Å². The standard InChI is InChI=1S/C18H19N3O3S/c1-10(2)8-21-13-7-5-4-6-12(13)16(22)15(18(21)24)17(23)20-14-9-25-11(3)19-14/h4-7,9-10,22H,8H2,1-3H3,(H,20,23). The van der Waals surface area contributed by atoms with Crippen LogP contribution >= 0.6 is 11.3 Å². The van der Waals surface area contributed by atoms with Crippen LogP contribution in [-0.4, -0.2) is 20.6 Å². The van der Waals surface area contributed by atoms with Gasteiger partial charge >= 0.3 is 0 Å². The molecular weight excluding hydrogens is 338 g/mol. The first-order valence-corrected chi connectivity index (χ1v) is 8.84. The Morgan fingerprint density at radius 3 is 2.72 bits per heavy atom. The van der Waals surface area contributed by atoms with Gasteiger partial charge in [-0.05, 0) is 25.0 Å². The zero-order chi connectivity index (χ0) is 18.1. The van der Waals surface area contributed by atoms with E-state index in [1.807, 2.05) is 20.8 Å². The zero-order valence-electron chi connectivity index (χ0n) is 14.2. The maximum Gasteiger partial charge on any atom is 0.267 e. The third-order valence-corrected chi connectivity index (χ3v) is 4.55. The molecule has 2 aromatic heterocycles. The van der Waals surface area contributed by atoms with E-state index in [9.17, 15) is 14.7 Å². The van der Waals surface area contributed by atoms with Gasteiger partial charge in [-0.2, -0.15) is 0 Å². The van der Waals surface area contributed by atoms with Crippen LogP contribution in [0, 0.1) is 12.8 Å². The summed E-state index contributed by atoms with van der Waals surface area (Å²) in [5.74, 6) is -0.376. The summed E-state index contributed by atoms with van der Waals surface area (Å²) < 4.78 is 1.54. The quantitative estimate of drug-likeness (QED) is 0.750. The Balaban J connectivity index is 2.17. The number of para-hydroxylation sites is 1. The minimum Gasteiger partial charge on any atom is -0.506 e. The van der Waals surface area contributed by atoms with Crippen molar-refractivity contribution in [1.29, 1.82) is 0 Å². The van der Waals surface area contributed by atoms with Crippen LogP contribution in [0.2, 0.25) is 0 Å². The number of anilines is 1. The molecule has 6 nitrogen and oxygen atoms in total. The summed E-state index contributed by atoms with van der Waals surface area (Å²) in [4.78, 5) is 29.7. The van der Waals surface area contributed by atoms with E-state index >= 15 is 0 Å². The molecule has 1 aromatic carbocycles. The van der Waals surface area contributed by atoms with Gasteiger partial charge in [-0.25, -0.2) is 4.98 Å². The number of fused-ring (bicyclic) bond motifs is 1. The lowest BCUT2D eigenvalue weighted by Gasteiger charge is -2.16. The number of aromatic nitrogens is 2. The van der Waals surface area contributed by atoms with Crippen LogP contribution in [0.25, 0.3) is 10.9 Å². The smallest absolute Gasteiger partial charge is 0.267 e. The summed E-state index contributed by atoms with van der Waals surface area (Å²) in [7, 11) is 0. The number of nitrogens with zero attached hydrogens (tertiary/aromatic N) is 2. The highest BCUT2D eigenvalue weighted by Crippen LogP contribution is 2.27. The van der Waals surface area contributed by atoms with Crippen molar-refractivity contribution < 1.29 is 9.90 Å². The average Bonchev–Trinajstić information content (AvgIpc) is 2.96. The highest BCUT2D eigenvalue weighted by molar-refractivity contribution is 7.09. The molecule has 7 heteroatoms. The fourth-order valence-electron chi connectivity index (χ4n) is 2.74. The number of pyridine rings is 1. The monoisotopic (exact) mass is 357 g/mol. The number of amides is 1. The van der Waals surface area contributed by atoms with E-state index < -0.39 is 11.5 Å². The van der Waals surface area contributed by atoms with Crippen LogP contribution in [0.3, 0.4) is 0 Å². The fourth-order valence-corrected chi connectivity index (χ4v) is 3.29. The number of nitrogens with one attached hydrogen (secondary N) is 1. The molecule has 0 atom stereocenters. The van der Waals surface area contributed by atoms with Gasteiger partial charge in [-0.1, -0.05) is 26.0 Å². The van der Waals surface area contributed by atoms with E-state index in [0.717, 1.165) is 5.01 Å². The van der Waals surface area contributed by atoms with Gasteiger partial charge in [0.25, 0.3) is 11.5 Å². The Kier molecular flexibility index (Phi) is 4.59. The lowest BCUT2D eigenvalue weighted by atomic mass is 10.1. The van der Waals surface area contributed by atoms with Crippen molar-refractivity contribution in [2.45, 2.75) is 27.3 Å². The van der Waals surface area contributed by atoms with Gasteiger partial charge in [-0.15, -0.1) is 11.3 Å². The summed E-state index contributed by atoms with van der Waals surface area (Å²) in [6.45, 7) is 6.26. The SMILES string of the molecule is Cc1nc(NC(=O)c2c(O)c3ccccc3n(CC(C)C)c2=O)cs1. The topological polar surface area (TPSA) is 84.2 Å². The van der Waals surface area contributed by atoms with Gasteiger partial charge in [0.1, 0.15) is 17.1 Å². The lowest BCUT2D eigenvalue weighted by Crippen LogP contribution is -2.31. The third-order valence-electron chi connectivity index (χ3n) is 3.78. The van der Waals surface area contributed by atoms with Gasteiger partial charge in [-0.3, -0.25) is 9.59 Å². The van der Waals surface area contributed by atoms with Gasteiger partial charge in [0.2, 0.25) is 0 Å². The molecule has 0 saturated heterocycles. The van der Waals surface area contributed by atoms with Crippen LogP contribution in [-0.2, 0) is 6.54 Å². The molecule has 0 unspecified atom stereocenters. The van der Waals surface area contributed by atoms with E-state index in [2.05, 4.69) is 10.3 Å². The van der Waals surface area contributed by atoms with Crippen LogP contribution < -0.4 is 10.9 Å². The van der Waals surface area contributed by atoms with E-state index in [1.54, 1.807) is 34.2 Å². The highest BCUT2D eigenvalue weighted by atomic mass is 32.1. The molecule has 0 saturated carbocycles. The Bertz CT molecular complexity index is 1000. The van der Waals surface area contributed by atoms with Crippen LogP contribution in [0.4, 0.5) is 5.82 Å². The van der Waals surface area contributed by atoms with Crippen molar-refractivity contribution in [2.24, 2.45) is 5.92 Å². The first kappa shape index (κ1) is 17.2. The number of aromatic hydroxyl groups is 1. The number of hydrogen-bond acceptors (Lipinski definition) is 5. The fraction of sp³-hybridized carbons (Fsp3) is 0.278. The van der Waals surface area contributed by atoms with Gasteiger partial charge in [0.05, 0.1) is 10.5 Å². The molecule has 25 heavy (non-hydrogen) atoms. The second-order valence-electron chi connectivity index (χ2n) is 6.26. The van der Waals surface area contributed by atoms with Crippen LogP contribution in [0.1, 0.15) is 29.2 Å². The summed E-state index contributed by atoms with van der Waals surface area (Å²) >= 11 is 1.39. The summed E-state index contributed by atoms with van der Waals surface area (Å²) in [6, 6.07) is 7.03. The molecule has 0 spiro atoms. The molecule has 130 valence electrons. The minimum absolute atomic E-state index is 0.211. The first-order chi connectivity index (χ1) is 11.9. The molecule has 0 radical (unpaired) electrons. The largest absolute Gasteiger partial charge is 0.506 e. The molecule has 3 aromatic rings. The Morgan fingerprint density at radius 1 is 1.36 bits per heavy atom. The molecule has 3 rings (SSSR count). The van der Waals surface area contributed by atoms with E-state index in [-0.39, 0.29) is 17.2 Å². The summed E-state index contributed by atoms with van der Waals surface area (Å²) in [5, 5.41) is 16.1. The van der Waals surface area contributed by atoms with Gasteiger partial charge < -0.3 is 15.0 Å². The molecule has 2 heterocycles. The number of thiazole rings is 1. The maximum absolute atomic E-state index is 12.9. The number of carbonyl (C=O) groups is 1. The number of benzene rings is 1. The zero-order valence-corrected chi connectivity index (χ0v) is 15.1. The molecular formula is C18H19N3O3S. The van der Waals surface area contributed by atoms with Crippen molar-refractivity contribution in [1.82, 2.24) is 9.55 Å². The minimum atomic E-state index is -0.656. The average molecular weight is 357 g/mol. The Labute approximate surface area is 148 Å².